The third kappa shape index (κ3) is 3.35. The fourth-order valence-corrected chi connectivity index (χ4v) is 2.03. The van der Waals surface area contributed by atoms with Crippen LogP contribution in [0.1, 0.15) is 31.3 Å². The van der Waals surface area contributed by atoms with Crippen LogP contribution in [0.25, 0.3) is 10.9 Å². The van der Waals surface area contributed by atoms with Crippen LogP contribution < -0.4 is 5.32 Å². The molecule has 0 aliphatic rings. The van der Waals surface area contributed by atoms with Gasteiger partial charge < -0.3 is 15.0 Å². The Morgan fingerprint density at radius 2 is 2.11 bits per heavy atom. The van der Waals surface area contributed by atoms with E-state index in [0.29, 0.717) is 18.8 Å². The summed E-state index contributed by atoms with van der Waals surface area (Å²) in [5, 5.41) is 3.93. The molecule has 0 unspecified atom stereocenters. The molecule has 0 bridgehead atoms. The summed E-state index contributed by atoms with van der Waals surface area (Å²) in [6, 6.07) is 9.69. The number of aromatic amines is 1. The van der Waals surface area contributed by atoms with Gasteiger partial charge in [-0.3, -0.25) is 4.79 Å². The van der Waals surface area contributed by atoms with Crippen molar-refractivity contribution < 1.29 is 9.53 Å². The van der Waals surface area contributed by atoms with Gasteiger partial charge in [0.1, 0.15) is 5.69 Å². The summed E-state index contributed by atoms with van der Waals surface area (Å²) in [4.78, 5) is 15.2. The van der Waals surface area contributed by atoms with Gasteiger partial charge in [0, 0.05) is 24.1 Å². The van der Waals surface area contributed by atoms with Crippen LogP contribution in [0, 0.1) is 0 Å². The van der Waals surface area contributed by atoms with Gasteiger partial charge in [-0.2, -0.15) is 0 Å². The van der Waals surface area contributed by atoms with Crippen molar-refractivity contribution in [1.29, 1.82) is 0 Å². The van der Waals surface area contributed by atoms with Crippen molar-refractivity contribution in [3.8, 4) is 0 Å². The van der Waals surface area contributed by atoms with Crippen LogP contribution in [0.2, 0.25) is 0 Å². The maximum Gasteiger partial charge on any atom is 0.267 e. The van der Waals surface area contributed by atoms with Gasteiger partial charge in [0.15, 0.2) is 0 Å². The van der Waals surface area contributed by atoms with Crippen molar-refractivity contribution in [1.82, 2.24) is 10.3 Å². The quantitative estimate of drug-likeness (QED) is 0.868. The van der Waals surface area contributed by atoms with Gasteiger partial charge in [-0.05, 0) is 32.9 Å². The molecule has 0 saturated carbocycles. The minimum Gasteiger partial charge on any atom is -0.374 e. The van der Waals surface area contributed by atoms with E-state index in [-0.39, 0.29) is 11.5 Å². The van der Waals surface area contributed by atoms with E-state index in [4.69, 9.17) is 4.74 Å². The second-order valence-electron chi connectivity index (χ2n) is 5.15. The Bertz CT molecular complexity index is 539. The number of H-pyrrole nitrogens is 1. The van der Waals surface area contributed by atoms with Crippen LogP contribution in [0.3, 0.4) is 0 Å². The third-order valence-corrected chi connectivity index (χ3v) is 2.98. The van der Waals surface area contributed by atoms with Crippen LogP contribution in [-0.4, -0.2) is 29.6 Å². The van der Waals surface area contributed by atoms with Crippen LogP contribution in [-0.2, 0) is 4.74 Å². The smallest absolute Gasteiger partial charge is 0.267 e. The van der Waals surface area contributed by atoms with E-state index in [1.54, 1.807) is 0 Å². The van der Waals surface area contributed by atoms with Crippen molar-refractivity contribution in [3.05, 3.63) is 36.0 Å². The van der Waals surface area contributed by atoms with Crippen molar-refractivity contribution in [2.75, 3.05) is 13.2 Å². The van der Waals surface area contributed by atoms with E-state index in [1.165, 1.54) is 0 Å². The number of carbonyl (C=O) groups excluding carboxylic acids is 1. The lowest BCUT2D eigenvalue weighted by Gasteiger charge is -2.24. The number of fused-ring (bicyclic) bond motifs is 1. The summed E-state index contributed by atoms with van der Waals surface area (Å²) >= 11 is 0. The summed E-state index contributed by atoms with van der Waals surface area (Å²) < 4.78 is 5.55. The fourth-order valence-electron chi connectivity index (χ4n) is 2.03. The predicted octanol–water partition coefficient (Wildman–Crippen LogP) is 2.71. The number of aromatic nitrogens is 1. The summed E-state index contributed by atoms with van der Waals surface area (Å²) in [6.45, 7) is 6.98. The predicted molar refractivity (Wildman–Crippen MR) is 76.3 cm³/mol. The number of hydrogen-bond donors (Lipinski definition) is 2. The number of hydrogen-bond acceptors (Lipinski definition) is 2. The molecule has 0 spiro atoms. The molecular weight excluding hydrogens is 240 g/mol. The maximum atomic E-state index is 12.1. The molecule has 0 aliphatic heterocycles. The van der Waals surface area contributed by atoms with Crippen molar-refractivity contribution >= 4 is 16.8 Å². The number of nitrogens with one attached hydrogen (secondary N) is 2. The highest BCUT2D eigenvalue weighted by Crippen LogP contribution is 2.15. The average molecular weight is 260 g/mol. The molecule has 102 valence electrons. The van der Waals surface area contributed by atoms with Gasteiger partial charge in [-0.15, -0.1) is 0 Å². The Kier molecular flexibility index (Phi) is 3.90. The molecule has 0 fully saturated rings. The molecule has 4 heteroatoms. The zero-order valence-electron chi connectivity index (χ0n) is 11.6. The Morgan fingerprint density at radius 3 is 2.79 bits per heavy atom. The van der Waals surface area contributed by atoms with Crippen LogP contribution in [0.5, 0.6) is 0 Å². The molecule has 1 heterocycles. The average Bonchev–Trinajstić information content (AvgIpc) is 2.79. The first-order valence-electron chi connectivity index (χ1n) is 6.52. The van der Waals surface area contributed by atoms with E-state index in [2.05, 4.69) is 10.3 Å². The van der Waals surface area contributed by atoms with Crippen LogP contribution in [0.15, 0.2) is 30.3 Å². The lowest BCUT2D eigenvalue weighted by molar-refractivity contribution is -0.00817. The van der Waals surface area contributed by atoms with E-state index in [0.717, 1.165) is 10.9 Å². The second-order valence-corrected chi connectivity index (χ2v) is 5.15. The number of carbonyl (C=O) groups is 1. The summed E-state index contributed by atoms with van der Waals surface area (Å²) in [7, 11) is 0. The summed E-state index contributed by atoms with van der Waals surface area (Å²) in [5.74, 6) is -0.107. The highest BCUT2D eigenvalue weighted by atomic mass is 16.5. The lowest BCUT2D eigenvalue weighted by Crippen LogP contribution is -2.40. The maximum absolute atomic E-state index is 12.1. The molecule has 2 rings (SSSR count). The highest BCUT2D eigenvalue weighted by molar-refractivity contribution is 5.97. The van der Waals surface area contributed by atoms with Gasteiger partial charge in [0.2, 0.25) is 0 Å². The molecule has 0 atom stereocenters. The normalized spacial score (nSPS) is 11.7. The number of ether oxygens (including phenoxy) is 1. The molecule has 0 radical (unpaired) electrons. The first-order valence-corrected chi connectivity index (χ1v) is 6.52. The Morgan fingerprint density at radius 1 is 1.37 bits per heavy atom. The van der Waals surface area contributed by atoms with Crippen LogP contribution in [0.4, 0.5) is 0 Å². The van der Waals surface area contributed by atoms with E-state index < -0.39 is 0 Å². The first-order chi connectivity index (χ1) is 9.02. The van der Waals surface area contributed by atoms with Gasteiger partial charge in [-0.25, -0.2) is 0 Å². The topological polar surface area (TPSA) is 54.1 Å². The Balaban J connectivity index is 2.04. The molecule has 1 amide bonds. The largest absolute Gasteiger partial charge is 0.374 e. The minimum atomic E-state index is -0.351. The van der Waals surface area contributed by atoms with Gasteiger partial charge in [0.05, 0.1) is 5.60 Å². The van der Waals surface area contributed by atoms with Crippen molar-refractivity contribution in [3.63, 3.8) is 0 Å². The van der Waals surface area contributed by atoms with Crippen molar-refractivity contribution in [2.45, 2.75) is 26.4 Å². The molecule has 0 aliphatic carbocycles. The number of benzene rings is 1. The minimum absolute atomic E-state index is 0.107. The first kappa shape index (κ1) is 13.6. The molecule has 2 aromatic rings. The monoisotopic (exact) mass is 260 g/mol. The molecular formula is C15H20N2O2. The molecule has 0 saturated heterocycles. The fraction of sp³-hybridized carbons (Fsp3) is 0.400. The number of amides is 1. The van der Waals surface area contributed by atoms with E-state index >= 15 is 0 Å². The summed E-state index contributed by atoms with van der Waals surface area (Å²) in [6.07, 6.45) is 0. The molecule has 19 heavy (non-hydrogen) atoms. The van der Waals surface area contributed by atoms with E-state index in [9.17, 15) is 4.79 Å². The van der Waals surface area contributed by atoms with Gasteiger partial charge in [-0.1, -0.05) is 18.2 Å². The van der Waals surface area contributed by atoms with Crippen LogP contribution >= 0.6 is 0 Å². The zero-order chi connectivity index (χ0) is 13.9. The number of para-hydroxylation sites is 1. The van der Waals surface area contributed by atoms with Gasteiger partial charge >= 0.3 is 0 Å². The molecule has 4 nitrogen and oxygen atoms in total. The van der Waals surface area contributed by atoms with E-state index in [1.807, 2.05) is 51.1 Å². The zero-order valence-corrected chi connectivity index (χ0v) is 11.6. The SMILES string of the molecule is CCOC(C)(C)CNC(=O)c1cc2ccccc2[nH]1. The Hall–Kier alpha value is -1.81. The lowest BCUT2D eigenvalue weighted by atomic mass is 10.1. The van der Waals surface area contributed by atoms with Crippen molar-refractivity contribution in [2.24, 2.45) is 0 Å². The number of rotatable bonds is 5. The Labute approximate surface area is 113 Å². The second kappa shape index (κ2) is 5.45. The summed E-state index contributed by atoms with van der Waals surface area (Å²) in [5.41, 5.74) is 1.20. The molecule has 2 N–H and O–H groups in total. The third-order valence-electron chi connectivity index (χ3n) is 2.98. The molecule has 1 aromatic carbocycles. The standard InChI is InChI=1S/C15H20N2O2/c1-4-19-15(2,3)10-16-14(18)13-9-11-7-5-6-8-12(11)17-13/h5-9,17H,4,10H2,1-3H3,(H,16,18). The highest BCUT2D eigenvalue weighted by Gasteiger charge is 2.19. The van der Waals surface area contributed by atoms with Gasteiger partial charge in [0.25, 0.3) is 5.91 Å². The molecule has 1 aromatic heterocycles.